The number of fused-ring (bicyclic) bond motifs is 1. The first kappa shape index (κ1) is 12.9. The third-order valence-corrected chi connectivity index (χ3v) is 4.15. The fourth-order valence-corrected chi connectivity index (χ4v) is 3.26. The molecule has 0 saturated heterocycles. The Morgan fingerprint density at radius 2 is 2.10 bits per heavy atom. The molecule has 0 unspecified atom stereocenters. The molecule has 0 radical (unpaired) electrons. The molecular formula is C14H18N4O2. The Hall–Kier alpha value is -2.11. The number of nitrogens with one attached hydrogen (secondary N) is 1. The van der Waals surface area contributed by atoms with E-state index in [-0.39, 0.29) is 11.8 Å². The van der Waals surface area contributed by atoms with Gasteiger partial charge in [0.15, 0.2) is 5.65 Å². The van der Waals surface area contributed by atoms with E-state index in [1.54, 1.807) is 6.07 Å². The van der Waals surface area contributed by atoms with E-state index in [0.29, 0.717) is 17.9 Å². The van der Waals surface area contributed by atoms with E-state index in [1.165, 1.54) is 0 Å². The van der Waals surface area contributed by atoms with Gasteiger partial charge in [0, 0.05) is 6.42 Å². The van der Waals surface area contributed by atoms with Crippen LogP contribution in [0.2, 0.25) is 0 Å². The average Bonchev–Trinajstić information content (AvgIpc) is 2.94. The highest BCUT2D eigenvalue weighted by molar-refractivity contribution is 5.72. The quantitative estimate of drug-likeness (QED) is 0.792. The Morgan fingerprint density at radius 1 is 1.35 bits per heavy atom. The van der Waals surface area contributed by atoms with Gasteiger partial charge in [-0.05, 0) is 30.4 Å². The average molecular weight is 274 g/mol. The minimum absolute atomic E-state index is 0.161. The number of carbonyl (C=O) groups is 1. The van der Waals surface area contributed by atoms with Gasteiger partial charge in [-0.25, -0.2) is 9.97 Å². The number of imidazole rings is 1. The molecule has 0 bridgehead atoms. The number of nitrogens with two attached hydrogens (primary N) is 1. The van der Waals surface area contributed by atoms with Crippen molar-refractivity contribution in [2.24, 2.45) is 5.41 Å². The second-order valence-corrected chi connectivity index (χ2v) is 5.75. The molecule has 0 spiro atoms. The number of carboxylic acid groups (broad SMARTS) is 1. The van der Waals surface area contributed by atoms with E-state index >= 15 is 0 Å². The summed E-state index contributed by atoms with van der Waals surface area (Å²) >= 11 is 0. The van der Waals surface area contributed by atoms with Gasteiger partial charge in [0.2, 0.25) is 0 Å². The molecule has 1 aliphatic rings. The Bertz CT molecular complexity index is 644. The Morgan fingerprint density at radius 3 is 2.80 bits per heavy atom. The van der Waals surface area contributed by atoms with Gasteiger partial charge < -0.3 is 15.8 Å². The summed E-state index contributed by atoms with van der Waals surface area (Å²) in [6.45, 7) is 0. The van der Waals surface area contributed by atoms with Crippen LogP contribution in [0.3, 0.4) is 0 Å². The summed E-state index contributed by atoms with van der Waals surface area (Å²) in [6.07, 6.45) is 4.96. The summed E-state index contributed by atoms with van der Waals surface area (Å²) in [5.41, 5.74) is 6.93. The summed E-state index contributed by atoms with van der Waals surface area (Å²) in [7, 11) is 0. The van der Waals surface area contributed by atoms with Crippen LogP contribution in [0.4, 0.5) is 5.82 Å². The molecule has 0 aromatic carbocycles. The fourth-order valence-electron chi connectivity index (χ4n) is 3.26. The van der Waals surface area contributed by atoms with E-state index < -0.39 is 5.97 Å². The maximum absolute atomic E-state index is 11.1. The van der Waals surface area contributed by atoms with Crippen LogP contribution in [-0.2, 0) is 11.2 Å². The number of anilines is 1. The predicted octanol–water partition coefficient (Wildman–Crippen LogP) is 2.12. The Balaban J connectivity index is 1.88. The lowest BCUT2D eigenvalue weighted by Crippen LogP contribution is -2.24. The number of aromatic amines is 1. The highest BCUT2D eigenvalue weighted by Crippen LogP contribution is 2.43. The van der Waals surface area contributed by atoms with Crippen LogP contribution in [0.5, 0.6) is 0 Å². The molecule has 2 aromatic rings. The van der Waals surface area contributed by atoms with Gasteiger partial charge in [-0.15, -0.1) is 0 Å². The second-order valence-electron chi connectivity index (χ2n) is 5.75. The topological polar surface area (TPSA) is 105 Å². The van der Waals surface area contributed by atoms with E-state index in [1.807, 2.05) is 6.07 Å². The van der Waals surface area contributed by atoms with Gasteiger partial charge in [-0.1, -0.05) is 12.8 Å². The zero-order valence-corrected chi connectivity index (χ0v) is 11.2. The van der Waals surface area contributed by atoms with Gasteiger partial charge in [0.1, 0.15) is 11.6 Å². The van der Waals surface area contributed by atoms with Crippen molar-refractivity contribution in [3.8, 4) is 0 Å². The lowest BCUT2D eigenvalue weighted by molar-refractivity contribution is -0.139. The number of nitrogens with zero attached hydrogens (tertiary/aromatic N) is 2. The molecule has 3 rings (SSSR count). The predicted molar refractivity (Wildman–Crippen MR) is 75.2 cm³/mol. The van der Waals surface area contributed by atoms with Crippen LogP contribution in [0, 0.1) is 5.41 Å². The summed E-state index contributed by atoms with van der Waals surface area (Å²) < 4.78 is 0. The Labute approximate surface area is 116 Å². The lowest BCUT2D eigenvalue weighted by Gasteiger charge is -2.25. The summed E-state index contributed by atoms with van der Waals surface area (Å²) in [5.74, 6) is 0.517. The molecule has 2 heterocycles. The maximum atomic E-state index is 11.1. The second kappa shape index (κ2) is 4.77. The van der Waals surface area contributed by atoms with Gasteiger partial charge >= 0.3 is 5.97 Å². The van der Waals surface area contributed by atoms with Crippen molar-refractivity contribution in [2.45, 2.75) is 38.5 Å². The molecule has 6 nitrogen and oxygen atoms in total. The molecule has 20 heavy (non-hydrogen) atoms. The van der Waals surface area contributed by atoms with Crippen LogP contribution in [-0.4, -0.2) is 26.0 Å². The molecule has 6 heteroatoms. The minimum atomic E-state index is -0.731. The van der Waals surface area contributed by atoms with Crippen molar-refractivity contribution in [3.63, 3.8) is 0 Å². The van der Waals surface area contributed by atoms with E-state index in [4.69, 9.17) is 10.8 Å². The summed E-state index contributed by atoms with van der Waals surface area (Å²) in [5, 5.41) is 9.13. The third-order valence-electron chi connectivity index (χ3n) is 4.15. The van der Waals surface area contributed by atoms with Crippen molar-refractivity contribution in [3.05, 3.63) is 18.0 Å². The highest BCUT2D eigenvalue weighted by atomic mass is 16.4. The number of H-pyrrole nitrogens is 1. The summed E-state index contributed by atoms with van der Waals surface area (Å²) in [6, 6.07) is 3.58. The van der Waals surface area contributed by atoms with Gasteiger partial charge in [0.05, 0.1) is 11.9 Å². The fraction of sp³-hybridized carbons (Fsp3) is 0.500. The van der Waals surface area contributed by atoms with Gasteiger partial charge in [-0.3, -0.25) is 4.79 Å². The largest absolute Gasteiger partial charge is 0.481 e. The van der Waals surface area contributed by atoms with Crippen molar-refractivity contribution in [2.75, 3.05) is 5.73 Å². The number of aliphatic carboxylic acids is 1. The molecule has 106 valence electrons. The third kappa shape index (κ3) is 2.45. The number of nitrogen functional groups attached to an aromatic ring is 1. The number of aromatic nitrogens is 3. The van der Waals surface area contributed by atoms with E-state index in [2.05, 4.69) is 15.0 Å². The van der Waals surface area contributed by atoms with Crippen molar-refractivity contribution in [1.82, 2.24) is 15.0 Å². The molecule has 1 saturated carbocycles. The number of hydrogen-bond donors (Lipinski definition) is 3. The molecule has 1 aliphatic carbocycles. The minimum Gasteiger partial charge on any atom is -0.481 e. The SMILES string of the molecule is Nc1ccc2[nH]c(CC3(CC(=O)O)CCCC3)nc2n1. The molecular weight excluding hydrogens is 256 g/mol. The number of rotatable bonds is 4. The van der Waals surface area contributed by atoms with Gasteiger partial charge in [-0.2, -0.15) is 0 Å². The molecule has 4 N–H and O–H groups in total. The van der Waals surface area contributed by atoms with Crippen molar-refractivity contribution < 1.29 is 9.90 Å². The summed E-state index contributed by atoms with van der Waals surface area (Å²) in [4.78, 5) is 23.0. The molecule has 0 aliphatic heterocycles. The monoisotopic (exact) mass is 274 g/mol. The standard InChI is InChI=1S/C14H18N4O2/c15-10-4-3-9-13(17-10)18-11(16-9)7-14(8-12(19)20)5-1-2-6-14/h3-4H,1-2,5-8H2,(H,19,20)(H3,15,16,17,18). The van der Waals surface area contributed by atoms with Crippen LogP contribution in [0.1, 0.15) is 37.9 Å². The van der Waals surface area contributed by atoms with E-state index in [0.717, 1.165) is 37.0 Å². The molecule has 1 fully saturated rings. The smallest absolute Gasteiger partial charge is 0.303 e. The zero-order chi connectivity index (χ0) is 14.2. The van der Waals surface area contributed by atoms with E-state index in [9.17, 15) is 4.79 Å². The number of hydrogen-bond acceptors (Lipinski definition) is 4. The first-order chi connectivity index (χ1) is 9.56. The molecule has 0 amide bonds. The highest BCUT2D eigenvalue weighted by Gasteiger charge is 2.37. The van der Waals surface area contributed by atoms with Crippen LogP contribution >= 0.6 is 0 Å². The molecule has 2 aromatic heterocycles. The van der Waals surface area contributed by atoms with Crippen molar-refractivity contribution >= 4 is 23.0 Å². The number of carboxylic acids is 1. The lowest BCUT2D eigenvalue weighted by atomic mass is 9.79. The van der Waals surface area contributed by atoms with Gasteiger partial charge in [0.25, 0.3) is 0 Å². The first-order valence-electron chi connectivity index (χ1n) is 6.89. The number of pyridine rings is 1. The van der Waals surface area contributed by atoms with Crippen LogP contribution in [0.15, 0.2) is 12.1 Å². The first-order valence-corrected chi connectivity index (χ1v) is 6.89. The normalized spacial score (nSPS) is 17.6. The van der Waals surface area contributed by atoms with Crippen molar-refractivity contribution in [1.29, 1.82) is 0 Å². The molecule has 0 atom stereocenters. The maximum Gasteiger partial charge on any atom is 0.303 e. The van der Waals surface area contributed by atoms with Crippen LogP contribution < -0.4 is 5.73 Å². The van der Waals surface area contributed by atoms with Crippen LogP contribution in [0.25, 0.3) is 11.2 Å². The Kier molecular flexibility index (Phi) is 3.08. The zero-order valence-electron chi connectivity index (χ0n) is 11.2.